The van der Waals surface area contributed by atoms with Crippen LogP contribution in [0.25, 0.3) is 0 Å². The van der Waals surface area contributed by atoms with Crippen molar-refractivity contribution in [3.8, 4) is 0 Å². The van der Waals surface area contributed by atoms with Crippen molar-refractivity contribution in [2.24, 2.45) is 5.92 Å². The molecule has 0 saturated carbocycles. The maximum atomic E-state index is 12.5. The summed E-state index contributed by atoms with van der Waals surface area (Å²) in [4.78, 5) is 38.0. The third kappa shape index (κ3) is 4.61. The molecular weight excluding hydrogens is 276 g/mol. The van der Waals surface area contributed by atoms with Crippen LogP contribution in [0.5, 0.6) is 0 Å². The van der Waals surface area contributed by atoms with Gasteiger partial charge in [-0.15, -0.1) is 0 Å². The number of rotatable bonds is 5. The minimum absolute atomic E-state index is 0.160. The van der Waals surface area contributed by atoms with Gasteiger partial charge < -0.3 is 19.6 Å². The number of methoxy groups -OCH3 is 1. The van der Waals surface area contributed by atoms with Crippen LogP contribution in [-0.4, -0.2) is 65.7 Å². The summed E-state index contributed by atoms with van der Waals surface area (Å²) >= 11 is 0. The maximum absolute atomic E-state index is 12.5. The van der Waals surface area contributed by atoms with E-state index >= 15 is 0 Å². The van der Waals surface area contributed by atoms with Crippen molar-refractivity contribution < 1.29 is 24.2 Å². The van der Waals surface area contributed by atoms with Crippen LogP contribution < -0.4 is 0 Å². The topological polar surface area (TPSA) is 87.2 Å². The van der Waals surface area contributed by atoms with E-state index in [2.05, 4.69) is 0 Å². The number of amides is 2. The first-order chi connectivity index (χ1) is 9.90. The Kier molecular flexibility index (Phi) is 6.45. The lowest BCUT2D eigenvalue weighted by molar-refractivity contribution is -0.147. The first kappa shape index (κ1) is 17.3. The molecule has 0 aromatic heterocycles. The van der Waals surface area contributed by atoms with Crippen LogP contribution >= 0.6 is 0 Å². The van der Waals surface area contributed by atoms with Crippen LogP contribution in [0.2, 0.25) is 0 Å². The summed E-state index contributed by atoms with van der Waals surface area (Å²) in [5.74, 6) is -1.68. The Morgan fingerprint density at radius 2 is 2.10 bits per heavy atom. The maximum Gasteiger partial charge on any atom is 0.323 e. The lowest BCUT2D eigenvalue weighted by atomic mass is 9.98. The molecule has 0 spiro atoms. The fourth-order valence-electron chi connectivity index (χ4n) is 2.47. The van der Waals surface area contributed by atoms with E-state index in [4.69, 9.17) is 9.84 Å². The van der Waals surface area contributed by atoms with Crippen molar-refractivity contribution in [1.29, 1.82) is 0 Å². The zero-order valence-corrected chi connectivity index (χ0v) is 12.9. The van der Waals surface area contributed by atoms with Crippen molar-refractivity contribution in [1.82, 2.24) is 9.80 Å². The van der Waals surface area contributed by atoms with Crippen LogP contribution in [0, 0.1) is 5.92 Å². The fourth-order valence-corrected chi connectivity index (χ4v) is 2.47. The number of hydrogen-bond donors (Lipinski definition) is 1. The molecule has 2 atom stereocenters. The Balaban J connectivity index is 2.77. The van der Waals surface area contributed by atoms with Crippen LogP contribution in [0.15, 0.2) is 0 Å². The van der Waals surface area contributed by atoms with E-state index in [9.17, 15) is 14.4 Å². The average molecular weight is 300 g/mol. The molecule has 1 N–H and O–H groups in total. The number of carboxylic acids is 1. The molecule has 1 rings (SSSR count). The van der Waals surface area contributed by atoms with Gasteiger partial charge in [-0.25, -0.2) is 4.79 Å². The summed E-state index contributed by atoms with van der Waals surface area (Å²) in [5.41, 5.74) is 0. The number of carbonyl (C=O) groups is 3. The molecule has 2 amide bonds. The van der Waals surface area contributed by atoms with Gasteiger partial charge >= 0.3 is 18.0 Å². The smallest absolute Gasteiger partial charge is 0.323 e. The zero-order valence-electron chi connectivity index (χ0n) is 12.9. The second kappa shape index (κ2) is 7.85. The Morgan fingerprint density at radius 1 is 1.43 bits per heavy atom. The van der Waals surface area contributed by atoms with E-state index < -0.39 is 5.97 Å². The summed E-state index contributed by atoms with van der Waals surface area (Å²) in [6.45, 7) is 4.23. The molecule has 0 aromatic carbocycles. The van der Waals surface area contributed by atoms with Crippen LogP contribution in [0.4, 0.5) is 4.79 Å². The number of aliphatic carboxylic acids is 1. The minimum atomic E-state index is -1.04. The Labute approximate surface area is 124 Å². The number of nitrogens with zero attached hydrogens (tertiary/aromatic N) is 2. The first-order valence-corrected chi connectivity index (χ1v) is 7.25. The molecule has 2 unspecified atom stereocenters. The van der Waals surface area contributed by atoms with Crippen molar-refractivity contribution in [2.45, 2.75) is 39.2 Å². The molecule has 21 heavy (non-hydrogen) atoms. The predicted molar refractivity (Wildman–Crippen MR) is 75.8 cm³/mol. The summed E-state index contributed by atoms with van der Waals surface area (Å²) in [6.07, 6.45) is 2.08. The van der Waals surface area contributed by atoms with E-state index in [1.165, 1.54) is 12.0 Å². The number of urea groups is 1. The number of ether oxygens (including phenoxy) is 1. The second-order valence-corrected chi connectivity index (χ2v) is 5.37. The number of esters is 1. The largest absolute Gasteiger partial charge is 0.480 e. The number of hydrogen-bond acceptors (Lipinski definition) is 4. The highest BCUT2D eigenvalue weighted by Gasteiger charge is 2.33. The highest BCUT2D eigenvalue weighted by atomic mass is 16.5. The van der Waals surface area contributed by atoms with Gasteiger partial charge in [-0.05, 0) is 26.2 Å². The number of carbonyl (C=O) groups excluding carboxylic acids is 2. The molecule has 120 valence electrons. The number of likely N-dealkylation sites (tertiary alicyclic amines) is 1. The predicted octanol–water partition coefficient (Wildman–Crippen LogP) is 1.18. The molecule has 1 aliphatic rings. The van der Waals surface area contributed by atoms with Gasteiger partial charge in [0, 0.05) is 19.1 Å². The Bertz CT molecular complexity index is 399. The third-order valence-corrected chi connectivity index (χ3v) is 3.90. The summed E-state index contributed by atoms with van der Waals surface area (Å²) in [6, 6.07) is -0.479. The van der Waals surface area contributed by atoms with Gasteiger partial charge in [0.05, 0.1) is 13.0 Å². The van der Waals surface area contributed by atoms with Crippen molar-refractivity contribution >= 4 is 18.0 Å². The molecule has 1 fully saturated rings. The summed E-state index contributed by atoms with van der Waals surface area (Å²) < 4.78 is 4.73. The molecule has 7 nitrogen and oxygen atoms in total. The normalized spacial score (nSPS) is 19.8. The summed E-state index contributed by atoms with van der Waals surface area (Å²) in [7, 11) is 1.33. The highest BCUT2D eigenvalue weighted by molar-refractivity contribution is 5.81. The van der Waals surface area contributed by atoms with Gasteiger partial charge in [-0.3, -0.25) is 9.59 Å². The SMILES string of the molecule is CCC(C)N(CC(=O)O)C(=O)N1CCCC(C(=O)OC)C1. The second-order valence-electron chi connectivity index (χ2n) is 5.37. The highest BCUT2D eigenvalue weighted by Crippen LogP contribution is 2.20. The zero-order chi connectivity index (χ0) is 16.0. The van der Waals surface area contributed by atoms with Crippen molar-refractivity contribution in [3.05, 3.63) is 0 Å². The lowest BCUT2D eigenvalue weighted by Crippen LogP contribution is -2.52. The van der Waals surface area contributed by atoms with E-state index in [-0.39, 0.29) is 37.0 Å². The average Bonchev–Trinajstić information content (AvgIpc) is 2.50. The van der Waals surface area contributed by atoms with Crippen molar-refractivity contribution in [2.75, 3.05) is 26.7 Å². The van der Waals surface area contributed by atoms with Crippen LogP contribution in [0.1, 0.15) is 33.1 Å². The van der Waals surface area contributed by atoms with Gasteiger partial charge in [0.25, 0.3) is 0 Å². The Morgan fingerprint density at radius 3 is 2.62 bits per heavy atom. The van der Waals surface area contributed by atoms with Crippen molar-refractivity contribution in [3.63, 3.8) is 0 Å². The van der Waals surface area contributed by atoms with E-state index in [1.807, 2.05) is 13.8 Å². The molecule has 1 aliphatic heterocycles. The van der Waals surface area contributed by atoms with Gasteiger partial charge in [0.2, 0.25) is 0 Å². The van der Waals surface area contributed by atoms with E-state index in [0.29, 0.717) is 25.8 Å². The molecule has 1 heterocycles. The first-order valence-electron chi connectivity index (χ1n) is 7.25. The van der Waals surface area contributed by atoms with Gasteiger partial charge in [0.1, 0.15) is 6.54 Å². The molecular formula is C14H24N2O5. The number of piperidine rings is 1. The standard InChI is InChI=1S/C14H24N2O5/c1-4-10(2)16(9-12(17)18)14(20)15-7-5-6-11(8-15)13(19)21-3/h10-11H,4-9H2,1-3H3,(H,17,18). The van der Waals surface area contributed by atoms with Gasteiger partial charge in [0.15, 0.2) is 0 Å². The van der Waals surface area contributed by atoms with Crippen LogP contribution in [0.3, 0.4) is 0 Å². The van der Waals surface area contributed by atoms with Gasteiger partial charge in [-0.1, -0.05) is 6.92 Å². The summed E-state index contributed by atoms with van der Waals surface area (Å²) in [5, 5.41) is 8.97. The monoisotopic (exact) mass is 300 g/mol. The molecule has 1 saturated heterocycles. The molecule has 0 radical (unpaired) electrons. The minimum Gasteiger partial charge on any atom is -0.480 e. The third-order valence-electron chi connectivity index (χ3n) is 3.90. The number of carboxylic acid groups (broad SMARTS) is 1. The molecule has 0 aliphatic carbocycles. The molecule has 0 bridgehead atoms. The Hall–Kier alpha value is -1.79. The quantitative estimate of drug-likeness (QED) is 0.770. The molecule has 7 heteroatoms. The van der Waals surface area contributed by atoms with E-state index in [1.54, 1.807) is 4.90 Å². The van der Waals surface area contributed by atoms with Gasteiger partial charge in [-0.2, -0.15) is 0 Å². The van der Waals surface area contributed by atoms with E-state index in [0.717, 1.165) is 0 Å². The lowest BCUT2D eigenvalue weighted by Gasteiger charge is -2.37. The molecule has 0 aromatic rings. The van der Waals surface area contributed by atoms with Crippen LogP contribution in [-0.2, 0) is 14.3 Å². The fraction of sp³-hybridized carbons (Fsp3) is 0.786.